The number of anilines is 1. The van der Waals surface area contributed by atoms with Crippen LogP contribution in [0.3, 0.4) is 0 Å². The minimum Gasteiger partial charge on any atom is -0.360 e. The van der Waals surface area contributed by atoms with Crippen LogP contribution in [0.1, 0.15) is 23.3 Å². The maximum Gasteiger partial charge on any atom is 0.229 e. The number of nitrogens with one attached hydrogen (secondary N) is 2. The van der Waals surface area contributed by atoms with Crippen molar-refractivity contribution in [3.05, 3.63) is 47.2 Å². The van der Waals surface area contributed by atoms with Crippen molar-refractivity contribution in [1.82, 2.24) is 10.5 Å². The Bertz CT molecular complexity index is 738. The van der Waals surface area contributed by atoms with Gasteiger partial charge in [0.2, 0.25) is 11.8 Å². The molecule has 1 aromatic carbocycles. The van der Waals surface area contributed by atoms with Crippen LogP contribution >= 0.6 is 0 Å². The van der Waals surface area contributed by atoms with E-state index in [-0.39, 0.29) is 23.7 Å². The van der Waals surface area contributed by atoms with Gasteiger partial charge in [-0.05, 0) is 31.4 Å². The molecule has 2 unspecified atom stereocenters. The number of benzene rings is 1. The largest absolute Gasteiger partial charge is 0.360 e. The number of hydrogen-bond acceptors (Lipinski definition) is 4. The van der Waals surface area contributed by atoms with E-state index in [9.17, 15) is 9.59 Å². The van der Waals surface area contributed by atoms with E-state index in [1.807, 2.05) is 31.2 Å². The smallest absolute Gasteiger partial charge is 0.229 e. The molecule has 2 atom stereocenters. The lowest BCUT2D eigenvalue weighted by molar-refractivity contribution is -0.125. The van der Waals surface area contributed by atoms with Crippen LogP contribution in [-0.4, -0.2) is 17.0 Å². The number of rotatable bonds is 5. The molecule has 2 aromatic rings. The third-order valence-electron chi connectivity index (χ3n) is 4.06. The fourth-order valence-electron chi connectivity index (χ4n) is 2.54. The van der Waals surface area contributed by atoms with Crippen LogP contribution in [0.15, 0.2) is 34.9 Å². The summed E-state index contributed by atoms with van der Waals surface area (Å²) in [6.45, 7) is 4.25. The average molecular weight is 313 g/mol. The lowest BCUT2D eigenvalue weighted by Gasteiger charge is -2.07. The van der Waals surface area contributed by atoms with Crippen LogP contribution in [-0.2, 0) is 16.1 Å². The van der Waals surface area contributed by atoms with Gasteiger partial charge in [-0.1, -0.05) is 29.4 Å². The molecule has 6 nitrogen and oxygen atoms in total. The standard InChI is InChI=1S/C17H19N3O3/c1-10-5-3-4-6-12(10)9-18-16(21)13-8-14(13)17(22)19-15-7-11(2)23-20-15/h3-7,13-14H,8-9H2,1-2H3,(H,18,21)(H,19,20,22). The summed E-state index contributed by atoms with van der Waals surface area (Å²) < 4.78 is 4.89. The Kier molecular flexibility index (Phi) is 4.14. The van der Waals surface area contributed by atoms with Crippen molar-refractivity contribution in [2.75, 3.05) is 5.32 Å². The van der Waals surface area contributed by atoms with E-state index in [1.165, 1.54) is 0 Å². The van der Waals surface area contributed by atoms with E-state index in [0.29, 0.717) is 24.5 Å². The number of carbonyl (C=O) groups excluding carboxylic acids is 2. The first-order chi connectivity index (χ1) is 11.0. The molecule has 1 saturated carbocycles. The molecule has 0 bridgehead atoms. The molecular formula is C17H19N3O3. The molecular weight excluding hydrogens is 294 g/mol. The number of nitrogens with zero attached hydrogens (tertiary/aromatic N) is 1. The van der Waals surface area contributed by atoms with Crippen LogP contribution in [0.5, 0.6) is 0 Å². The first-order valence-corrected chi connectivity index (χ1v) is 7.61. The Hall–Kier alpha value is -2.63. The third kappa shape index (κ3) is 3.59. The van der Waals surface area contributed by atoms with Crippen LogP contribution in [0.4, 0.5) is 5.82 Å². The van der Waals surface area contributed by atoms with E-state index >= 15 is 0 Å². The monoisotopic (exact) mass is 313 g/mol. The second-order valence-electron chi connectivity index (χ2n) is 5.91. The summed E-state index contributed by atoms with van der Waals surface area (Å²) in [5, 5.41) is 9.28. The van der Waals surface area contributed by atoms with Gasteiger partial charge in [0, 0.05) is 12.6 Å². The zero-order valence-corrected chi connectivity index (χ0v) is 13.1. The van der Waals surface area contributed by atoms with Crippen LogP contribution < -0.4 is 10.6 Å². The molecule has 0 spiro atoms. The fourth-order valence-corrected chi connectivity index (χ4v) is 2.54. The van der Waals surface area contributed by atoms with E-state index in [1.54, 1.807) is 13.0 Å². The summed E-state index contributed by atoms with van der Waals surface area (Å²) in [4.78, 5) is 24.2. The Morgan fingerprint density at radius 3 is 2.65 bits per heavy atom. The SMILES string of the molecule is Cc1cc(NC(=O)C2CC2C(=O)NCc2ccccc2C)no1. The highest BCUT2D eigenvalue weighted by Crippen LogP contribution is 2.39. The lowest BCUT2D eigenvalue weighted by Crippen LogP contribution is -2.27. The van der Waals surface area contributed by atoms with E-state index < -0.39 is 0 Å². The number of aryl methyl sites for hydroxylation is 2. The second-order valence-corrected chi connectivity index (χ2v) is 5.91. The Labute approximate surface area is 134 Å². The summed E-state index contributed by atoms with van der Waals surface area (Å²) in [5.74, 6) is 0.206. The number of aromatic nitrogens is 1. The van der Waals surface area contributed by atoms with Gasteiger partial charge >= 0.3 is 0 Å². The zero-order chi connectivity index (χ0) is 16.4. The highest BCUT2D eigenvalue weighted by molar-refractivity contribution is 5.99. The van der Waals surface area contributed by atoms with Crippen molar-refractivity contribution in [1.29, 1.82) is 0 Å². The molecule has 1 aliphatic rings. The predicted octanol–water partition coefficient (Wildman–Crippen LogP) is 2.18. The first kappa shape index (κ1) is 15.3. The molecule has 23 heavy (non-hydrogen) atoms. The summed E-state index contributed by atoms with van der Waals surface area (Å²) in [6.07, 6.45) is 0.572. The van der Waals surface area contributed by atoms with Crippen molar-refractivity contribution in [2.45, 2.75) is 26.8 Å². The van der Waals surface area contributed by atoms with Crippen molar-refractivity contribution in [3.63, 3.8) is 0 Å². The normalized spacial score (nSPS) is 19.2. The van der Waals surface area contributed by atoms with Gasteiger partial charge in [-0.3, -0.25) is 9.59 Å². The van der Waals surface area contributed by atoms with Gasteiger partial charge in [-0.15, -0.1) is 0 Å². The van der Waals surface area contributed by atoms with Gasteiger partial charge in [0.15, 0.2) is 5.82 Å². The summed E-state index contributed by atoms with van der Waals surface area (Å²) in [6, 6.07) is 9.55. The molecule has 1 aromatic heterocycles. The fraction of sp³-hybridized carbons (Fsp3) is 0.353. The van der Waals surface area contributed by atoms with Crippen LogP contribution in [0.25, 0.3) is 0 Å². The Morgan fingerprint density at radius 1 is 1.22 bits per heavy atom. The van der Waals surface area contributed by atoms with Crippen LogP contribution in [0.2, 0.25) is 0 Å². The van der Waals surface area contributed by atoms with Gasteiger partial charge < -0.3 is 15.2 Å². The van der Waals surface area contributed by atoms with E-state index in [2.05, 4.69) is 15.8 Å². The molecule has 2 N–H and O–H groups in total. The minimum absolute atomic E-state index is 0.0789. The van der Waals surface area contributed by atoms with E-state index in [4.69, 9.17) is 4.52 Å². The number of hydrogen-bond donors (Lipinski definition) is 2. The third-order valence-corrected chi connectivity index (χ3v) is 4.06. The Morgan fingerprint density at radius 2 is 1.96 bits per heavy atom. The molecule has 120 valence electrons. The van der Waals surface area contributed by atoms with E-state index in [0.717, 1.165) is 11.1 Å². The summed E-state index contributed by atoms with van der Waals surface area (Å²) >= 11 is 0. The topological polar surface area (TPSA) is 84.2 Å². The zero-order valence-electron chi connectivity index (χ0n) is 13.1. The number of carbonyl (C=O) groups is 2. The molecule has 2 amide bonds. The highest BCUT2D eigenvalue weighted by Gasteiger charge is 2.48. The lowest BCUT2D eigenvalue weighted by atomic mass is 10.1. The average Bonchev–Trinajstić information content (AvgIpc) is 3.23. The quantitative estimate of drug-likeness (QED) is 0.886. The maximum absolute atomic E-state index is 12.1. The van der Waals surface area contributed by atoms with Gasteiger partial charge in [-0.25, -0.2) is 0 Å². The Balaban J connectivity index is 1.49. The van der Waals surface area contributed by atoms with Crippen molar-refractivity contribution in [3.8, 4) is 0 Å². The molecule has 0 radical (unpaired) electrons. The second kappa shape index (κ2) is 6.24. The van der Waals surface area contributed by atoms with Crippen molar-refractivity contribution in [2.24, 2.45) is 11.8 Å². The van der Waals surface area contributed by atoms with Crippen molar-refractivity contribution < 1.29 is 14.1 Å². The van der Waals surface area contributed by atoms with Gasteiger partial charge in [0.25, 0.3) is 0 Å². The maximum atomic E-state index is 12.1. The molecule has 0 saturated heterocycles. The molecule has 1 heterocycles. The van der Waals surface area contributed by atoms with Gasteiger partial charge in [0.05, 0.1) is 11.8 Å². The molecule has 1 fully saturated rings. The number of amides is 2. The molecule has 1 aliphatic carbocycles. The molecule has 3 rings (SSSR count). The molecule has 6 heteroatoms. The van der Waals surface area contributed by atoms with Crippen molar-refractivity contribution >= 4 is 17.6 Å². The summed E-state index contributed by atoms with van der Waals surface area (Å²) in [7, 11) is 0. The highest BCUT2D eigenvalue weighted by atomic mass is 16.5. The van der Waals surface area contributed by atoms with Crippen LogP contribution in [0, 0.1) is 25.7 Å². The molecule has 0 aliphatic heterocycles. The predicted molar refractivity (Wildman–Crippen MR) is 84.5 cm³/mol. The van der Waals surface area contributed by atoms with Gasteiger partial charge in [0.1, 0.15) is 5.76 Å². The summed E-state index contributed by atoms with van der Waals surface area (Å²) in [5.41, 5.74) is 2.22. The minimum atomic E-state index is -0.288. The van der Waals surface area contributed by atoms with Gasteiger partial charge in [-0.2, -0.15) is 0 Å². The first-order valence-electron chi connectivity index (χ1n) is 7.61.